The average molecular weight is 543 g/mol. The van der Waals surface area contributed by atoms with Gasteiger partial charge < -0.3 is 14.8 Å². The zero-order chi connectivity index (χ0) is 25.7. The Morgan fingerprint density at radius 3 is 2.31 bits per heavy atom. The van der Waals surface area contributed by atoms with E-state index in [4.69, 9.17) is 32.7 Å². The van der Waals surface area contributed by atoms with Gasteiger partial charge in [-0.2, -0.15) is 0 Å². The number of rotatable bonds is 8. The van der Waals surface area contributed by atoms with E-state index in [1.807, 2.05) is 0 Å². The Bertz CT molecular complexity index is 1330. The maximum Gasteiger partial charge on any atom is 0.293 e. The third-order valence-electron chi connectivity index (χ3n) is 5.10. The highest BCUT2D eigenvalue weighted by atomic mass is 35.5. The van der Waals surface area contributed by atoms with Crippen molar-refractivity contribution in [3.8, 4) is 11.5 Å². The second-order valence-corrected chi connectivity index (χ2v) is 9.51. The van der Waals surface area contributed by atoms with Crippen LogP contribution in [0.3, 0.4) is 0 Å². The molecule has 0 aromatic heterocycles. The van der Waals surface area contributed by atoms with Crippen LogP contribution in [0.2, 0.25) is 10.0 Å². The van der Waals surface area contributed by atoms with Gasteiger partial charge >= 0.3 is 0 Å². The maximum absolute atomic E-state index is 12.8. The molecule has 0 radical (unpaired) electrons. The third-order valence-corrected chi connectivity index (χ3v) is 6.51. The Hall–Kier alpha value is -3.46. The Labute approximate surface area is 222 Å². The third kappa shape index (κ3) is 6.40. The molecule has 1 N–H and O–H groups in total. The summed E-state index contributed by atoms with van der Waals surface area (Å²) in [7, 11) is 1.47. The summed E-state index contributed by atoms with van der Waals surface area (Å²) in [4.78, 5) is 39.0. The highest BCUT2D eigenvalue weighted by molar-refractivity contribution is 8.18. The van der Waals surface area contributed by atoms with E-state index >= 15 is 0 Å². The number of anilines is 1. The summed E-state index contributed by atoms with van der Waals surface area (Å²) in [6.07, 6.45) is 1.62. The number of thioether (sulfide) groups is 1. The number of nitrogens with one attached hydrogen (secondary N) is 1. The predicted octanol–water partition coefficient (Wildman–Crippen LogP) is 6.26. The van der Waals surface area contributed by atoms with Crippen LogP contribution in [0.15, 0.2) is 71.6 Å². The van der Waals surface area contributed by atoms with E-state index in [1.165, 1.54) is 12.0 Å². The van der Waals surface area contributed by atoms with Crippen LogP contribution >= 0.6 is 35.0 Å². The van der Waals surface area contributed by atoms with E-state index < -0.39 is 0 Å². The Kier molecular flexibility index (Phi) is 8.20. The molecule has 3 aromatic rings. The maximum atomic E-state index is 12.8. The number of carbonyl (C=O) groups is 3. The number of benzene rings is 3. The molecule has 0 saturated carbocycles. The van der Waals surface area contributed by atoms with Gasteiger partial charge in [-0.15, -0.1) is 0 Å². The monoisotopic (exact) mass is 542 g/mol. The first kappa shape index (κ1) is 25.6. The minimum absolute atomic E-state index is 0.160. The lowest BCUT2D eigenvalue weighted by atomic mass is 10.1. The van der Waals surface area contributed by atoms with Gasteiger partial charge in [-0.05, 0) is 77.5 Å². The standard InChI is InChI=1S/C26H20Cl2N2O5S/c1-34-22-12-17(4-11-21(22)35-15-24(31)29-20-9-7-19(28)8-10-20)13-23-25(32)30(26(33)36-23)14-16-2-5-18(27)6-3-16/h2-13H,14-15H2,1H3,(H,29,31)/b23-13-. The van der Waals surface area contributed by atoms with Crippen LogP contribution in [0, 0.1) is 0 Å². The fourth-order valence-electron chi connectivity index (χ4n) is 3.33. The summed E-state index contributed by atoms with van der Waals surface area (Å²) in [6.45, 7) is -0.0741. The van der Waals surface area contributed by atoms with Gasteiger partial charge in [0.2, 0.25) is 0 Å². The lowest BCUT2D eigenvalue weighted by Crippen LogP contribution is -2.27. The van der Waals surface area contributed by atoms with Crippen molar-refractivity contribution >= 4 is 63.8 Å². The molecular formula is C26H20Cl2N2O5S. The zero-order valence-electron chi connectivity index (χ0n) is 19.0. The number of halogens is 2. The second-order valence-electron chi connectivity index (χ2n) is 7.65. The molecule has 0 unspecified atom stereocenters. The predicted molar refractivity (Wildman–Crippen MR) is 142 cm³/mol. The van der Waals surface area contributed by atoms with Crippen molar-refractivity contribution in [2.24, 2.45) is 0 Å². The summed E-state index contributed by atoms with van der Waals surface area (Å²) in [6, 6.07) is 18.7. The molecule has 4 rings (SSSR count). The molecule has 0 spiro atoms. The van der Waals surface area contributed by atoms with Gasteiger partial charge in [-0.1, -0.05) is 41.4 Å². The van der Waals surface area contributed by atoms with Crippen LogP contribution in [-0.2, 0) is 16.1 Å². The molecule has 1 fully saturated rings. The van der Waals surface area contributed by atoms with Crippen molar-refractivity contribution in [2.45, 2.75) is 6.54 Å². The van der Waals surface area contributed by atoms with Crippen molar-refractivity contribution in [1.82, 2.24) is 4.90 Å². The first-order valence-electron chi connectivity index (χ1n) is 10.7. The van der Waals surface area contributed by atoms with Crippen LogP contribution in [0.25, 0.3) is 6.08 Å². The highest BCUT2D eigenvalue weighted by Crippen LogP contribution is 2.35. The first-order valence-corrected chi connectivity index (χ1v) is 12.3. The molecule has 10 heteroatoms. The van der Waals surface area contributed by atoms with Gasteiger partial charge in [0.25, 0.3) is 17.1 Å². The average Bonchev–Trinajstić information content (AvgIpc) is 3.13. The van der Waals surface area contributed by atoms with Crippen molar-refractivity contribution < 1.29 is 23.9 Å². The number of amides is 3. The molecule has 184 valence electrons. The molecule has 0 aliphatic carbocycles. The van der Waals surface area contributed by atoms with Crippen LogP contribution in [0.5, 0.6) is 11.5 Å². The molecule has 1 aliphatic heterocycles. The molecule has 0 atom stereocenters. The Morgan fingerprint density at radius 1 is 0.972 bits per heavy atom. The number of ether oxygens (including phenoxy) is 2. The van der Waals surface area contributed by atoms with Gasteiger partial charge in [0, 0.05) is 15.7 Å². The van der Waals surface area contributed by atoms with E-state index in [2.05, 4.69) is 5.32 Å². The van der Waals surface area contributed by atoms with Crippen molar-refractivity contribution in [3.63, 3.8) is 0 Å². The number of methoxy groups -OCH3 is 1. The number of hydrogen-bond donors (Lipinski definition) is 1. The quantitative estimate of drug-likeness (QED) is 0.338. The number of nitrogens with zero attached hydrogens (tertiary/aromatic N) is 1. The molecule has 1 heterocycles. The van der Waals surface area contributed by atoms with Gasteiger partial charge in [0.05, 0.1) is 18.6 Å². The van der Waals surface area contributed by atoms with E-state index in [0.29, 0.717) is 37.7 Å². The van der Waals surface area contributed by atoms with E-state index in [-0.39, 0.29) is 30.2 Å². The van der Waals surface area contributed by atoms with Gasteiger partial charge in [-0.25, -0.2) is 0 Å². The fraction of sp³-hybridized carbons (Fsp3) is 0.115. The minimum atomic E-state index is -0.377. The summed E-state index contributed by atoms with van der Waals surface area (Å²) < 4.78 is 11.0. The van der Waals surface area contributed by atoms with Crippen LogP contribution in [0.1, 0.15) is 11.1 Å². The normalized spacial score (nSPS) is 14.3. The van der Waals surface area contributed by atoms with Crippen LogP contribution in [0.4, 0.5) is 10.5 Å². The van der Waals surface area contributed by atoms with Gasteiger partial charge in [0.15, 0.2) is 18.1 Å². The molecule has 36 heavy (non-hydrogen) atoms. The Balaban J connectivity index is 1.41. The zero-order valence-corrected chi connectivity index (χ0v) is 21.3. The van der Waals surface area contributed by atoms with Crippen molar-refractivity contribution in [2.75, 3.05) is 19.0 Å². The Morgan fingerprint density at radius 2 is 1.64 bits per heavy atom. The SMILES string of the molecule is COc1cc(/C=C2\SC(=O)N(Cc3ccc(Cl)cc3)C2=O)ccc1OCC(=O)Nc1ccc(Cl)cc1. The number of imide groups is 1. The van der Waals surface area contributed by atoms with Crippen LogP contribution in [-0.4, -0.2) is 35.7 Å². The summed E-state index contributed by atoms with van der Waals surface area (Å²) >= 11 is 12.6. The summed E-state index contributed by atoms with van der Waals surface area (Å²) in [5.74, 6) is 0.0103. The molecule has 1 aliphatic rings. The van der Waals surface area contributed by atoms with E-state index in [0.717, 1.165) is 17.3 Å². The number of carbonyl (C=O) groups excluding carboxylic acids is 3. The second kappa shape index (κ2) is 11.5. The smallest absolute Gasteiger partial charge is 0.293 e. The van der Waals surface area contributed by atoms with Crippen molar-refractivity contribution in [1.29, 1.82) is 0 Å². The molecule has 3 aromatic carbocycles. The highest BCUT2D eigenvalue weighted by Gasteiger charge is 2.35. The van der Waals surface area contributed by atoms with E-state index in [9.17, 15) is 14.4 Å². The minimum Gasteiger partial charge on any atom is -0.493 e. The molecule has 0 bridgehead atoms. The molecule has 3 amide bonds. The topological polar surface area (TPSA) is 84.9 Å². The van der Waals surface area contributed by atoms with Gasteiger partial charge in [-0.3, -0.25) is 19.3 Å². The lowest BCUT2D eigenvalue weighted by molar-refractivity contribution is -0.123. The fourth-order valence-corrected chi connectivity index (χ4v) is 4.42. The molecule has 1 saturated heterocycles. The van der Waals surface area contributed by atoms with Gasteiger partial charge in [0.1, 0.15) is 0 Å². The number of hydrogen-bond acceptors (Lipinski definition) is 6. The molecule has 7 nitrogen and oxygen atoms in total. The van der Waals surface area contributed by atoms with E-state index in [1.54, 1.807) is 72.8 Å². The van der Waals surface area contributed by atoms with Crippen LogP contribution < -0.4 is 14.8 Å². The molecular weight excluding hydrogens is 523 g/mol. The largest absolute Gasteiger partial charge is 0.493 e. The first-order chi connectivity index (χ1) is 17.3. The van der Waals surface area contributed by atoms with Crippen molar-refractivity contribution in [3.05, 3.63) is 92.8 Å². The lowest BCUT2D eigenvalue weighted by Gasteiger charge is -2.12. The summed E-state index contributed by atoms with van der Waals surface area (Å²) in [5, 5.41) is 3.52. The summed E-state index contributed by atoms with van der Waals surface area (Å²) in [5.41, 5.74) is 2.04.